The summed E-state index contributed by atoms with van der Waals surface area (Å²) in [6.45, 7) is 0.624. The summed E-state index contributed by atoms with van der Waals surface area (Å²) in [5.41, 5.74) is 1.18. The van der Waals surface area contributed by atoms with Gasteiger partial charge in [0.05, 0.1) is 0 Å². The van der Waals surface area contributed by atoms with Crippen molar-refractivity contribution in [2.45, 2.75) is 44.9 Å². The first-order valence-corrected chi connectivity index (χ1v) is 7.68. The summed E-state index contributed by atoms with van der Waals surface area (Å²) >= 11 is 5.81. The molecule has 0 heterocycles. The number of carboxylic acid groups (broad SMARTS) is 1. The highest BCUT2D eigenvalue weighted by Gasteiger charge is 2.02. The number of aliphatic carboxylic acids is 1. The number of amides is 1. The number of aryl methyl sites for hydroxylation is 1. The van der Waals surface area contributed by atoms with E-state index in [0.717, 1.165) is 30.7 Å². The molecule has 0 fully saturated rings. The molecule has 1 aromatic carbocycles. The van der Waals surface area contributed by atoms with Crippen LogP contribution in [-0.4, -0.2) is 23.5 Å². The molecule has 0 aliphatic rings. The van der Waals surface area contributed by atoms with E-state index >= 15 is 0 Å². The molecule has 4 nitrogen and oxygen atoms in total. The largest absolute Gasteiger partial charge is 0.481 e. The lowest BCUT2D eigenvalue weighted by Gasteiger charge is -2.05. The van der Waals surface area contributed by atoms with Gasteiger partial charge in [-0.1, -0.05) is 30.2 Å². The third kappa shape index (κ3) is 9.08. The molecule has 5 heteroatoms. The molecule has 0 radical (unpaired) electrons. The summed E-state index contributed by atoms with van der Waals surface area (Å²) in [5.74, 6) is -0.705. The average Bonchev–Trinajstić information content (AvgIpc) is 2.44. The van der Waals surface area contributed by atoms with Crippen molar-refractivity contribution in [3.8, 4) is 0 Å². The number of carboxylic acids is 1. The van der Waals surface area contributed by atoms with E-state index in [4.69, 9.17) is 16.7 Å². The van der Waals surface area contributed by atoms with Crippen LogP contribution in [0.15, 0.2) is 24.3 Å². The van der Waals surface area contributed by atoms with Crippen LogP contribution in [0.4, 0.5) is 0 Å². The molecule has 2 N–H and O–H groups in total. The summed E-state index contributed by atoms with van der Waals surface area (Å²) in [4.78, 5) is 21.9. The van der Waals surface area contributed by atoms with Crippen LogP contribution >= 0.6 is 11.6 Å². The van der Waals surface area contributed by atoms with E-state index in [1.807, 2.05) is 24.3 Å². The van der Waals surface area contributed by atoms with Crippen molar-refractivity contribution in [2.24, 2.45) is 0 Å². The van der Waals surface area contributed by atoms with Crippen LogP contribution in [0.1, 0.15) is 44.1 Å². The monoisotopic (exact) mass is 311 g/mol. The molecule has 0 spiro atoms. The van der Waals surface area contributed by atoms with E-state index in [0.29, 0.717) is 19.4 Å². The number of rotatable bonds is 10. The van der Waals surface area contributed by atoms with Crippen molar-refractivity contribution in [3.05, 3.63) is 34.9 Å². The fourth-order valence-electron chi connectivity index (χ4n) is 2.00. The first-order chi connectivity index (χ1) is 10.1. The highest BCUT2D eigenvalue weighted by molar-refractivity contribution is 6.30. The number of benzene rings is 1. The fraction of sp³-hybridized carbons (Fsp3) is 0.500. The lowest BCUT2D eigenvalue weighted by molar-refractivity contribution is -0.137. The minimum Gasteiger partial charge on any atom is -0.481 e. The van der Waals surface area contributed by atoms with Gasteiger partial charge in [-0.15, -0.1) is 0 Å². The second kappa shape index (κ2) is 10.2. The molecule has 0 bridgehead atoms. The molecule has 0 unspecified atom stereocenters. The molecule has 1 aromatic rings. The van der Waals surface area contributed by atoms with Crippen LogP contribution in [0.2, 0.25) is 5.02 Å². The summed E-state index contributed by atoms with van der Waals surface area (Å²) in [5, 5.41) is 12.1. The van der Waals surface area contributed by atoms with Crippen molar-refractivity contribution in [2.75, 3.05) is 6.54 Å². The van der Waals surface area contributed by atoms with Gasteiger partial charge < -0.3 is 10.4 Å². The maximum absolute atomic E-state index is 11.6. The highest BCUT2D eigenvalue weighted by Crippen LogP contribution is 2.11. The maximum Gasteiger partial charge on any atom is 0.303 e. The van der Waals surface area contributed by atoms with Gasteiger partial charge in [0.1, 0.15) is 0 Å². The number of unbranched alkanes of at least 4 members (excludes halogenated alkanes) is 2. The number of hydrogen-bond donors (Lipinski definition) is 2. The topological polar surface area (TPSA) is 66.4 Å². The Morgan fingerprint density at radius 1 is 1.00 bits per heavy atom. The van der Waals surface area contributed by atoms with Crippen LogP contribution in [0, 0.1) is 0 Å². The lowest BCUT2D eigenvalue weighted by Crippen LogP contribution is -2.24. The van der Waals surface area contributed by atoms with Crippen LogP contribution < -0.4 is 5.32 Å². The van der Waals surface area contributed by atoms with Gasteiger partial charge in [0.25, 0.3) is 0 Å². The van der Waals surface area contributed by atoms with E-state index in [9.17, 15) is 9.59 Å². The zero-order valence-electron chi connectivity index (χ0n) is 12.1. The predicted molar refractivity (Wildman–Crippen MR) is 83.5 cm³/mol. The Morgan fingerprint density at radius 2 is 1.71 bits per heavy atom. The Labute approximate surface area is 130 Å². The van der Waals surface area contributed by atoms with Crippen molar-refractivity contribution in [1.82, 2.24) is 5.32 Å². The predicted octanol–water partition coefficient (Wildman–Crippen LogP) is 3.42. The molecule has 116 valence electrons. The molecular weight excluding hydrogens is 290 g/mol. The van der Waals surface area contributed by atoms with Crippen molar-refractivity contribution in [3.63, 3.8) is 0 Å². The molecule has 0 saturated heterocycles. The molecule has 0 aliphatic carbocycles. The molecule has 0 aromatic heterocycles. The minimum absolute atomic E-state index is 0.0576. The Morgan fingerprint density at radius 3 is 2.38 bits per heavy atom. The SMILES string of the molecule is O=C(O)CCCCCNC(=O)CCCc1ccc(Cl)cc1. The van der Waals surface area contributed by atoms with Crippen molar-refractivity contribution < 1.29 is 14.7 Å². The maximum atomic E-state index is 11.6. The Balaban J connectivity index is 2.01. The smallest absolute Gasteiger partial charge is 0.303 e. The number of hydrogen-bond acceptors (Lipinski definition) is 2. The van der Waals surface area contributed by atoms with Gasteiger partial charge in [0.15, 0.2) is 0 Å². The first-order valence-electron chi connectivity index (χ1n) is 7.31. The van der Waals surface area contributed by atoms with E-state index in [1.54, 1.807) is 0 Å². The Hall–Kier alpha value is -1.55. The number of carbonyl (C=O) groups excluding carboxylic acids is 1. The zero-order chi connectivity index (χ0) is 15.5. The van der Waals surface area contributed by atoms with Crippen molar-refractivity contribution >= 4 is 23.5 Å². The summed E-state index contributed by atoms with van der Waals surface area (Å²) < 4.78 is 0. The second-order valence-corrected chi connectivity index (χ2v) is 5.47. The van der Waals surface area contributed by atoms with E-state index in [1.165, 1.54) is 5.56 Å². The van der Waals surface area contributed by atoms with Crippen LogP contribution in [0.3, 0.4) is 0 Å². The third-order valence-electron chi connectivity index (χ3n) is 3.17. The number of carbonyl (C=O) groups is 2. The molecule has 0 saturated carbocycles. The Kier molecular flexibility index (Phi) is 8.51. The lowest BCUT2D eigenvalue weighted by atomic mass is 10.1. The number of halogens is 1. The summed E-state index contributed by atoms with van der Waals surface area (Å²) in [7, 11) is 0. The van der Waals surface area contributed by atoms with Gasteiger partial charge in [-0.25, -0.2) is 0 Å². The highest BCUT2D eigenvalue weighted by atomic mass is 35.5. The molecule has 21 heavy (non-hydrogen) atoms. The van der Waals surface area contributed by atoms with Gasteiger partial charge in [-0.05, 0) is 43.4 Å². The molecule has 0 atom stereocenters. The average molecular weight is 312 g/mol. The summed E-state index contributed by atoms with van der Waals surface area (Å²) in [6, 6.07) is 7.66. The standard InChI is InChI=1S/C16H22ClNO3/c17-14-10-8-13(9-11-14)5-4-6-15(19)18-12-3-1-2-7-16(20)21/h8-11H,1-7,12H2,(H,18,19)(H,20,21). The van der Waals surface area contributed by atoms with E-state index in [2.05, 4.69) is 5.32 Å². The molecule has 1 amide bonds. The third-order valence-corrected chi connectivity index (χ3v) is 3.42. The first kappa shape index (κ1) is 17.5. The van der Waals surface area contributed by atoms with Crippen molar-refractivity contribution in [1.29, 1.82) is 0 Å². The minimum atomic E-state index is -0.763. The number of nitrogens with one attached hydrogen (secondary N) is 1. The second-order valence-electron chi connectivity index (χ2n) is 5.03. The van der Waals surface area contributed by atoms with Gasteiger partial charge in [0, 0.05) is 24.4 Å². The zero-order valence-corrected chi connectivity index (χ0v) is 12.9. The quantitative estimate of drug-likeness (QED) is 0.651. The normalized spacial score (nSPS) is 10.3. The molecule has 1 rings (SSSR count). The van der Waals surface area contributed by atoms with Gasteiger partial charge in [0.2, 0.25) is 5.91 Å². The van der Waals surface area contributed by atoms with E-state index in [-0.39, 0.29) is 12.3 Å². The summed E-state index contributed by atoms with van der Waals surface area (Å²) in [6.07, 6.45) is 4.72. The van der Waals surface area contributed by atoms with Crippen LogP contribution in [0.5, 0.6) is 0 Å². The Bertz CT molecular complexity index is 445. The van der Waals surface area contributed by atoms with E-state index < -0.39 is 5.97 Å². The van der Waals surface area contributed by atoms with Gasteiger partial charge >= 0.3 is 5.97 Å². The van der Waals surface area contributed by atoms with Crippen LogP contribution in [-0.2, 0) is 16.0 Å². The molecule has 0 aliphatic heterocycles. The van der Waals surface area contributed by atoms with Gasteiger partial charge in [-0.2, -0.15) is 0 Å². The fourth-order valence-corrected chi connectivity index (χ4v) is 2.12. The van der Waals surface area contributed by atoms with Crippen LogP contribution in [0.25, 0.3) is 0 Å². The van der Waals surface area contributed by atoms with Gasteiger partial charge in [-0.3, -0.25) is 9.59 Å². The molecular formula is C16H22ClNO3.